The lowest BCUT2D eigenvalue weighted by atomic mass is 10.1. The van der Waals surface area contributed by atoms with Crippen LogP contribution in [0.5, 0.6) is 0 Å². The van der Waals surface area contributed by atoms with E-state index >= 15 is 0 Å². The molecule has 0 aliphatic heterocycles. The Bertz CT molecular complexity index is 184. The largest absolute Gasteiger partial charge is 0.433 e. The molecule has 54 valence electrons. The minimum absolute atomic E-state index is 0.534. The van der Waals surface area contributed by atoms with Crippen molar-refractivity contribution < 1.29 is 9.53 Å². The van der Waals surface area contributed by atoms with Crippen molar-refractivity contribution in [3.05, 3.63) is 11.8 Å². The maximum Gasteiger partial charge on any atom is 0.298 e. The normalized spacial score (nSPS) is 35.8. The number of ether oxygens (including phenoxy) is 1. The summed E-state index contributed by atoms with van der Waals surface area (Å²) in [7, 11) is 0. The summed E-state index contributed by atoms with van der Waals surface area (Å²) in [4.78, 5) is 9.97. The van der Waals surface area contributed by atoms with Crippen molar-refractivity contribution in [2.45, 2.75) is 19.3 Å². The van der Waals surface area contributed by atoms with E-state index in [-0.39, 0.29) is 0 Å². The first-order chi connectivity index (χ1) is 4.90. The van der Waals surface area contributed by atoms with Gasteiger partial charge in [-0.1, -0.05) is 0 Å². The zero-order chi connectivity index (χ0) is 6.97. The van der Waals surface area contributed by atoms with Crippen LogP contribution in [0.15, 0.2) is 11.8 Å². The van der Waals surface area contributed by atoms with E-state index in [0.29, 0.717) is 18.3 Å². The van der Waals surface area contributed by atoms with E-state index in [1.54, 1.807) is 0 Å². The van der Waals surface area contributed by atoms with Crippen LogP contribution in [0.3, 0.4) is 0 Å². The third kappa shape index (κ3) is 0.753. The highest BCUT2D eigenvalue weighted by atomic mass is 16.5. The van der Waals surface area contributed by atoms with E-state index in [1.165, 1.54) is 19.3 Å². The van der Waals surface area contributed by atoms with E-state index < -0.39 is 0 Å². The van der Waals surface area contributed by atoms with Gasteiger partial charge in [0.25, 0.3) is 6.47 Å². The summed E-state index contributed by atoms with van der Waals surface area (Å²) in [5.41, 5.74) is 0. The summed E-state index contributed by atoms with van der Waals surface area (Å²) >= 11 is 0. The van der Waals surface area contributed by atoms with Gasteiger partial charge in [-0.2, -0.15) is 0 Å². The summed E-state index contributed by atoms with van der Waals surface area (Å²) in [5.74, 6) is 2.20. The monoisotopic (exact) mass is 138 g/mol. The number of carbonyl (C=O) groups excluding carboxylic acids is 1. The van der Waals surface area contributed by atoms with Crippen LogP contribution in [0.25, 0.3) is 0 Å². The summed E-state index contributed by atoms with van der Waals surface area (Å²) in [6.07, 6.45) is 5.81. The number of hydrogen-bond donors (Lipinski definition) is 0. The Kier molecular flexibility index (Phi) is 1.26. The lowest BCUT2D eigenvalue weighted by Gasteiger charge is -2.08. The number of hydrogen-bond acceptors (Lipinski definition) is 2. The van der Waals surface area contributed by atoms with Gasteiger partial charge in [-0.15, -0.1) is 0 Å². The lowest BCUT2D eigenvalue weighted by Crippen LogP contribution is -2.00. The SMILES string of the molecule is O=COC1=CC2CCC1C2. The van der Waals surface area contributed by atoms with Gasteiger partial charge in [-0.25, -0.2) is 0 Å². The molecule has 0 aromatic rings. The Morgan fingerprint density at radius 3 is 3.00 bits per heavy atom. The van der Waals surface area contributed by atoms with Gasteiger partial charge in [-0.3, -0.25) is 4.79 Å². The van der Waals surface area contributed by atoms with Crippen LogP contribution in [0.4, 0.5) is 0 Å². The second-order valence-electron chi connectivity index (χ2n) is 3.05. The zero-order valence-corrected chi connectivity index (χ0v) is 5.75. The molecule has 0 aromatic heterocycles. The number of carbonyl (C=O) groups is 1. The highest BCUT2D eigenvalue weighted by molar-refractivity contribution is 5.41. The number of allylic oxidation sites excluding steroid dienone is 2. The summed E-state index contributed by atoms with van der Waals surface area (Å²) in [6, 6.07) is 0. The van der Waals surface area contributed by atoms with Crippen LogP contribution in [0, 0.1) is 11.8 Å². The minimum atomic E-state index is 0.534. The van der Waals surface area contributed by atoms with Crippen LogP contribution < -0.4 is 0 Å². The van der Waals surface area contributed by atoms with Crippen molar-refractivity contribution in [3.8, 4) is 0 Å². The maximum absolute atomic E-state index is 9.97. The third-order valence-corrected chi connectivity index (χ3v) is 2.46. The molecule has 2 aliphatic carbocycles. The van der Waals surface area contributed by atoms with Gasteiger partial charge in [0.05, 0.1) is 0 Å². The Balaban J connectivity index is 2.10. The van der Waals surface area contributed by atoms with Gasteiger partial charge in [0.1, 0.15) is 5.76 Å². The fourth-order valence-electron chi connectivity index (χ4n) is 1.99. The molecule has 0 N–H and O–H groups in total. The standard InChI is InChI=1S/C8H10O2/c9-5-10-8-4-6-1-2-7(8)3-6/h4-7H,1-3H2. The average Bonchev–Trinajstić information content (AvgIpc) is 2.48. The van der Waals surface area contributed by atoms with Gasteiger partial charge in [0.2, 0.25) is 0 Å². The Hall–Kier alpha value is -0.790. The molecule has 2 atom stereocenters. The Labute approximate surface area is 59.9 Å². The Morgan fingerprint density at radius 1 is 1.60 bits per heavy atom. The smallest absolute Gasteiger partial charge is 0.298 e. The predicted octanol–water partition coefficient (Wildman–Crippen LogP) is 1.47. The van der Waals surface area contributed by atoms with Crippen LogP contribution in [-0.2, 0) is 9.53 Å². The molecule has 1 saturated carbocycles. The molecule has 2 nitrogen and oxygen atoms in total. The first-order valence-electron chi connectivity index (χ1n) is 3.72. The molecule has 0 heterocycles. The van der Waals surface area contributed by atoms with Gasteiger partial charge < -0.3 is 4.74 Å². The minimum Gasteiger partial charge on any atom is -0.433 e. The van der Waals surface area contributed by atoms with Crippen molar-refractivity contribution in [1.82, 2.24) is 0 Å². The summed E-state index contributed by atoms with van der Waals surface area (Å²) < 4.78 is 4.82. The van der Waals surface area contributed by atoms with Crippen molar-refractivity contribution in [3.63, 3.8) is 0 Å². The highest BCUT2D eigenvalue weighted by Gasteiger charge is 2.33. The molecule has 2 unspecified atom stereocenters. The van der Waals surface area contributed by atoms with Crippen molar-refractivity contribution in [2.24, 2.45) is 11.8 Å². The van der Waals surface area contributed by atoms with E-state index in [4.69, 9.17) is 4.74 Å². The first kappa shape index (κ1) is 5.96. The van der Waals surface area contributed by atoms with Gasteiger partial charge in [-0.05, 0) is 31.3 Å². The van der Waals surface area contributed by atoms with E-state index in [1.807, 2.05) is 0 Å². The molecule has 0 amide bonds. The molecule has 0 radical (unpaired) electrons. The molecular formula is C8H10O2. The molecule has 2 heteroatoms. The lowest BCUT2D eigenvalue weighted by molar-refractivity contribution is -0.125. The highest BCUT2D eigenvalue weighted by Crippen LogP contribution is 2.43. The number of fused-ring (bicyclic) bond motifs is 2. The van der Waals surface area contributed by atoms with E-state index in [0.717, 1.165) is 5.76 Å². The van der Waals surface area contributed by atoms with Crippen LogP contribution in [0.1, 0.15) is 19.3 Å². The molecule has 10 heavy (non-hydrogen) atoms. The van der Waals surface area contributed by atoms with Crippen molar-refractivity contribution in [1.29, 1.82) is 0 Å². The fraction of sp³-hybridized carbons (Fsp3) is 0.625. The second kappa shape index (κ2) is 2.11. The summed E-state index contributed by atoms with van der Waals surface area (Å²) in [6.45, 7) is 0.534. The van der Waals surface area contributed by atoms with E-state index in [9.17, 15) is 4.79 Å². The van der Waals surface area contributed by atoms with Crippen LogP contribution >= 0.6 is 0 Å². The van der Waals surface area contributed by atoms with Gasteiger partial charge in [0.15, 0.2) is 0 Å². The van der Waals surface area contributed by atoms with E-state index in [2.05, 4.69) is 6.08 Å². The van der Waals surface area contributed by atoms with Crippen molar-refractivity contribution >= 4 is 6.47 Å². The molecular weight excluding hydrogens is 128 g/mol. The van der Waals surface area contributed by atoms with Crippen LogP contribution in [-0.4, -0.2) is 6.47 Å². The topological polar surface area (TPSA) is 26.3 Å². The van der Waals surface area contributed by atoms with Crippen LogP contribution in [0.2, 0.25) is 0 Å². The molecule has 0 spiro atoms. The van der Waals surface area contributed by atoms with Gasteiger partial charge >= 0.3 is 0 Å². The molecule has 1 fully saturated rings. The quantitative estimate of drug-likeness (QED) is 0.540. The van der Waals surface area contributed by atoms with Crippen molar-refractivity contribution in [2.75, 3.05) is 0 Å². The average molecular weight is 138 g/mol. The number of rotatable bonds is 2. The molecule has 2 rings (SSSR count). The fourth-order valence-corrected chi connectivity index (χ4v) is 1.99. The first-order valence-corrected chi connectivity index (χ1v) is 3.72. The molecule has 0 aromatic carbocycles. The molecule has 2 bridgehead atoms. The predicted molar refractivity (Wildman–Crippen MR) is 36.1 cm³/mol. The third-order valence-electron chi connectivity index (χ3n) is 2.46. The molecule has 0 saturated heterocycles. The maximum atomic E-state index is 9.97. The molecule has 2 aliphatic rings. The Morgan fingerprint density at radius 2 is 2.50 bits per heavy atom. The second-order valence-corrected chi connectivity index (χ2v) is 3.05. The van der Waals surface area contributed by atoms with Gasteiger partial charge in [0, 0.05) is 5.92 Å². The zero-order valence-electron chi connectivity index (χ0n) is 5.75. The summed E-state index contributed by atoms with van der Waals surface area (Å²) in [5, 5.41) is 0.